The highest BCUT2D eigenvalue weighted by Crippen LogP contribution is 2.05. The van der Waals surface area contributed by atoms with E-state index in [1.54, 1.807) is 0 Å². The molecule has 0 saturated carbocycles. The molecule has 0 N–H and O–H groups in total. The molecule has 1 aromatic carbocycles. The molecule has 0 heterocycles. The summed E-state index contributed by atoms with van der Waals surface area (Å²) in [6, 6.07) is 13.1. The van der Waals surface area contributed by atoms with E-state index in [1.807, 2.05) is 0 Å². The second kappa shape index (κ2) is 3.22. The van der Waals surface area contributed by atoms with E-state index in [-0.39, 0.29) is 0 Å². The van der Waals surface area contributed by atoms with Gasteiger partial charge in [-0.3, -0.25) is 0 Å². The Morgan fingerprint density at radius 1 is 1.09 bits per heavy atom. The molecule has 0 aliphatic rings. The van der Waals surface area contributed by atoms with Gasteiger partial charge in [-0.1, -0.05) is 55.5 Å². The largest absolute Gasteiger partial charge is 0.0834 e. The highest BCUT2D eigenvalue weighted by Gasteiger charge is 2.19. The molecule has 0 aliphatic carbocycles. The first-order chi connectivity index (χ1) is 5.17. The zero-order chi connectivity index (χ0) is 8.32. The molecule has 0 amide bonds. The molecule has 0 aromatic heterocycles. The number of hydrogen-bond donors (Lipinski definition) is 0. The maximum absolute atomic E-state index is 2.36. The lowest BCUT2D eigenvalue weighted by Crippen LogP contribution is -2.41. The SMILES string of the molecule is C[CH][Si](C)(C)c1ccccc1. The quantitative estimate of drug-likeness (QED) is 0.587. The molecular formula is C10H15Si. The Balaban J connectivity index is 2.93. The summed E-state index contributed by atoms with van der Waals surface area (Å²) >= 11 is 0. The molecule has 0 nitrogen and oxygen atoms in total. The minimum atomic E-state index is -1.18. The molecule has 1 heteroatoms. The molecule has 1 aromatic rings. The average Bonchev–Trinajstić information content (AvgIpc) is 2.06. The molecule has 11 heavy (non-hydrogen) atoms. The van der Waals surface area contributed by atoms with Gasteiger partial charge >= 0.3 is 0 Å². The van der Waals surface area contributed by atoms with Crippen molar-refractivity contribution in [2.45, 2.75) is 20.0 Å². The van der Waals surface area contributed by atoms with E-state index in [9.17, 15) is 0 Å². The number of rotatable bonds is 2. The fourth-order valence-corrected chi connectivity index (χ4v) is 2.42. The Morgan fingerprint density at radius 2 is 1.64 bits per heavy atom. The maximum atomic E-state index is 2.36. The normalized spacial score (nSPS) is 11.5. The predicted octanol–water partition coefficient (Wildman–Crippen LogP) is 2.37. The van der Waals surface area contributed by atoms with E-state index < -0.39 is 8.07 Å². The van der Waals surface area contributed by atoms with E-state index in [1.165, 1.54) is 5.19 Å². The van der Waals surface area contributed by atoms with Gasteiger partial charge in [0.25, 0.3) is 0 Å². The molecule has 0 unspecified atom stereocenters. The van der Waals surface area contributed by atoms with Gasteiger partial charge in [0.2, 0.25) is 0 Å². The maximum Gasteiger partial charge on any atom is 0.0834 e. The van der Waals surface area contributed by atoms with Crippen LogP contribution in [0.2, 0.25) is 13.1 Å². The van der Waals surface area contributed by atoms with Crippen LogP contribution in [0.3, 0.4) is 0 Å². The molecule has 0 bridgehead atoms. The van der Waals surface area contributed by atoms with Crippen LogP contribution in [0.5, 0.6) is 0 Å². The van der Waals surface area contributed by atoms with Crippen LogP contribution in [-0.2, 0) is 0 Å². The van der Waals surface area contributed by atoms with Crippen molar-refractivity contribution in [3.05, 3.63) is 36.4 Å². The summed E-state index contributed by atoms with van der Waals surface area (Å²) < 4.78 is 0. The Morgan fingerprint density at radius 3 is 2.09 bits per heavy atom. The van der Waals surface area contributed by atoms with Crippen LogP contribution in [0.1, 0.15) is 6.92 Å². The summed E-state index contributed by atoms with van der Waals surface area (Å²) in [5.41, 5.74) is 0. The zero-order valence-corrected chi connectivity index (χ0v) is 8.46. The van der Waals surface area contributed by atoms with Gasteiger partial charge in [-0.25, -0.2) is 0 Å². The van der Waals surface area contributed by atoms with Gasteiger partial charge in [0.1, 0.15) is 0 Å². The van der Waals surface area contributed by atoms with Crippen molar-refractivity contribution in [3.63, 3.8) is 0 Å². The smallest absolute Gasteiger partial charge is 0.0652 e. The summed E-state index contributed by atoms with van der Waals surface area (Å²) in [6.07, 6.45) is 0. The van der Waals surface area contributed by atoms with E-state index in [4.69, 9.17) is 0 Å². The summed E-state index contributed by atoms with van der Waals surface area (Å²) in [5, 5.41) is 1.52. The van der Waals surface area contributed by atoms with Crippen LogP contribution >= 0.6 is 0 Å². The first kappa shape index (κ1) is 8.53. The van der Waals surface area contributed by atoms with Gasteiger partial charge in [0.15, 0.2) is 0 Å². The van der Waals surface area contributed by atoms with Gasteiger partial charge < -0.3 is 0 Å². The Kier molecular flexibility index (Phi) is 2.50. The molecule has 59 valence electrons. The predicted molar refractivity (Wildman–Crippen MR) is 53.5 cm³/mol. The van der Waals surface area contributed by atoms with Crippen LogP contribution in [-0.4, -0.2) is 8.07 Å². The lowest BCUT2D eigenvalue weighted by Gasteiger charge is -2.19. The third kappa shape index (κ3) is 1.93. The van der Waals surface area contributed by atoms with Gasteiger partial charge in [0.05, 0.1) is 8.07 Å². The van der Waals surface area contributed by atoms with Crippen molar-refractivity contribution < 1.29 is 0 Å². The van der Waals surface area contributed by atoms with Crippen LogP contribution < -0.4 is 5.19 Å². The number of hydrogen-bond acceptors (Lipinski definition) is 0. The van der Waals surface area contributed by atoms with Gasteiger partial charge in [0, 0.05) is 0 Å². The Labute approximate surface area is 70.3 Å². The third-order valence-corrected chi connectivity index (χ3v) is 5.50. The van der Waals surface area contributed by atoms with Crippen molar-refractivity contribution in [1.29, 1.82) is 0 Å². The van der Waals surface area contributed by atoms with Gasteiger partial charge in [-0.2, -0.15) is 0 Å². The molecule has 0 atom stereocenters. The van der Waals surface area contributed by atoms with Gasteiger partial charge in [-0.05, 0) is 6.04 Å². The third-order valence-electron chi connectivity index (χ3n) is 2.24. The van der Waals surface area contributed by atoms with Crippen molar-refractivity contribution in [3.8, 4) is 0 Å². The fourth-order valence-electron chi connectivity index (χ4n) is 1.03. The first-order valence-electron chi connectivity index (χ1n) is 4.03. The van der Waals surface area contributed by atoms with Crippen LogP contribution in [0.4, 0.5) is 0 Å². The van der Waals surface area contributed by atoms with Crippen molar-refractivity contribution in [1.82, 2.24) is 0 Å². The van der Waals surface area contributed by atoms with Gasteiger partial charge in [-0.15, -0.1) is 0 Å². The second-order valence-corrected chi connectivity index (χ2v) is 7.97. The van der Waals surface area contributed by atoms with Crippen LogP contribution in [0.15, 0.2) is 30.3 Å². The lowest BCUT2D eigenvalue weighted by molar-refractivity contribution is 1.57. The van der Waals surface area contributed by atoms with Crippen LogP contribution in [0.25, 0.3) is 0 Å². The second-order valence-electron chi connectivity index (χ2n) is 3.38. The van der Waals surface area contributed by atoms with E-state index >= 15 is 0 Å². The van der Waals surface area contributed by atoms with E-state index in [2.05, 4.69) is 56.4 Å². The van der Waals surface area contributed by atoms with Crippen LogP contribution in [0, 0.1) is 6.04 Å². The summed E-state index contributed by atoms with van der Waals surface area (Å²) in [4.78, 5) is 0. The van der Waals surface area contributed by atoms with E-state index in [0.717, 1.165) is 0 Å². The molecule has 0 fully saturated rings. The Hall–Kier alpha value is -0.563. The lowest BCUT2D eigenvalue weighted by atomic mass is 10.4. The topological polar surface area (TPSA) is 0 Å². The Bertz CT molecular complexity index is 214. The molecule has 0 aliphatic heterocycles. The highest BCUT2D eigenvalue weighted by molar-refractivity contribution is 6.92. The first-order valence-corrected chi connectivity index (χ1v) is 7.10. The van der Waals surface area contributed by atoms with Crippen molar-refractivity contribution in [2.75, 3.05) is 0 Å². The van der Waals surface area contributed by atoms with Crippen molar-refractivity contribution >= 4 is 13.3 Å². The minimum absolute atomic E-state index is 1.18. The molecule has 0 spiro atoms. The minimum Gasteiger partial charge on any atom is -0.0652 e. The zero-order valence-electron chi connectivity index (χ0n) is 7.46. The summed E-state index contributed by atoms with van der Waals surface area (Å²) in [5.74, 6) is 0. The summed E-state index contributed by atoms with van der Waals surface area (Å²) in [7, 11) is -1.18. The molecule has 1 rings (SSSR count). The highest BCUT2D eigenvalue weighted by atomic mass is 28.3. The molecule has 0 saturated heterocycles. The summed E-state index contributed by atoms with van der Waals surface area (Å²) in [6.45, 7) is 6.89. The standard InChI is InChI=1S/C10H15Si/c1-4-11(2,3)10-8-6-5-7-9-10/h4-9H,1-3H3. The average molecular weight is 163 g/mol. The van der Waals surface area contributed by atoms with E-state index in [0.29, 0.717) is 0 Å². The fraction of sp³-hybridized carbons (Fsp3) is 0.300. The van der Waals surface area contributed by atoms with Crippen molar-refractivity contribution in [2.24, 2.45) is 0 Å². The monoisotopic (exact) mass is 163 g/mol. The molecule has 1 radical (unpaired) electrons. The number of benzene rings is 1. The molecular weight excluding hydrogens is 148 g/mol.